The van der Waals surface area contributed by atoms with Crippen LogP contribution in [0.15, 0.2) is 0 Å². The van der Waals surface area contributed by atoms with Crippen LogP contribution in [-0.2, 0) is 23.8 Å². The van der Waals surface area contributed by atoms with Gasteiger partial charge < -0.3 is 19.3 Å². The molecule has 0 spiro atoms. The van der Waals surface area contributed by atoms with Gasteiger partial charge in [-0.2, -0.15) is 0 Å². The summed E-state index contributed by atoms with van der Waals surface area (Å²) < 4.78 is 17.4. The number of carbonyl (C=O) groups excluding carboxylic acids is 2. The number of fused-ring (bicyclic) bond motifs is 2. The molecular formula is C22H36O6. The van der Waals surface area contributed by atoms with Gasteiger partial charge in [-0.25, -0.2) is 0 Å². The number of methoxy groups -OCH3 is 1. The van der Waals surface area contributed by atoms with Crippen molar-refractivity contribution in [3.8, 4) is 0 Å². The number of ether oxygens (including phenoxy) is 3. The number of esters is 1. The molecule has 3 fully saturated rings. The van der Waals surface area contributed by atoms with Gasteiger partial charge in [-0.1, -0.05) is 13.8 Å². The molecule has 0 aromatic carbocycles. The number of carbonyl (C=O) groups is 2. The fraction of sp³-hybridized carbons (Fsp3) is 0.909. The standard InChI is InChI=1S/C22H36O6/c1-5-27-15-7-9-22(3)11-10-21(2)8-6-14(24)17(21)19(28-13-12-23)18(22)16(15)20(25)26-4/h15-19,23H,5-13H2,1-4H3/t15-,16-,17?,18+,19?,21-,22-/m0/s1. The summed E-state index contributed by atoms with van der Waals surface area (Å²) in [6.45, 7) is 6.97. The van der Waals surface area contributed by atoms with Crippen molar-refractivity contribution in [2.24, 2.45) is 28.6 Å². The molecule has 6 heteroatoms. The van der Waals surface area contributed by atoms with Gasteiger partial charge in [0.15, 0.2) is 0 Å². The highest BCUT2D eigenvalue weighted by molar-refractivity contribution is 5.85. The molecule has 7 atom stereocenters. The average Bonchev–Trinajstić information content (AvgIpc) is 2.92. The third-order valence-corrected chi connectivity index (χ3v) is 7.84. The first kappa shape index (κ1) is 21.7. The van der Waals surface area contributed by atoms with Crippen LogP contribution in [0.2, 0.25) is 0 Å². The Morgan fingerprint density at radius 3 is 2.50 bits per heavy atom. The number of ketones is 1. The molecule has 3 saturated carbocycles. The van der Waals surface area contributed by atoms with E-state index in [1.165, 1.54) is 7.11 Å². The van der Waals surface area contributed by atoms with Crippen LogP contribution >= 0.6 is 0 Å². The molecule has 0 bridgehead atoms. The van der Waals surface area contributed by atoms with Crippen LogP contribution in [0.3, 0.4) is 0 Å². The lowest BCUT2D eigenvalue weighted by Gasteiger charge is -2.51. The number of hydrogen-bond donors (Lipinski definition) is 1. The summed E-state index contributed by atoms with van der Waals surface area (Å²) in [6, 6.07) is 0. The van der Waals surface area contributed by atoms with Gasteiger partial charge in [0.1, 0.15) is 5.78 Å². The summed E-state index contributed by atoms with van der Waals surface area (Å²) in [6.07, 6.45) is 4.49. The minimum absolute atomic E-state index is 0.102. The van der Waals surface area contributed by atoms with Gasteiger partial charge in [0, 0.05) is 24.9 Å². The third kappa shape index (κ3) is 3.63. The maximum atomic E-state index is 13.0. The molecule has 0 aliphatic heterocycles. The second-order valence-electron chi connectivity index (χ2n) is 9.42. The van der Waals surface area contributed by atoms with E-state index in [2.05, 4.69) is 13.8 Å². The van der Waals surface area contributed by atoms with Crippen molar-refractivity contribution in [3.05, 3.63) is 0 Å². The zero-order valence-electron chi connectivity index (χ0n) is 17.7. The third-order valence-electron chi connectivity index (χ3n) is 7.84. The fourth-order valence-electron chi connectivity index (χ4n) is 6.35. The lowest BCUT2D eigenvalue weighted by molar-refractivity contribution is -0.183. The van der Waals surface area contributed by atoms with Crippen molar-refractivity contribution in [3.63, 3.8) is 0 Å². The van der Waals surface area contributed by atoms with E-state index in [1.807, 2.05) is 6.92 Å². The first-order valence-electron chi connectivity index (χ1n) is 10.8. The van der Waals surface area contributed by atoms with E-state index in [0.717, 1.165) is 32.1 Å². The van der Waals surface area contributed by atoms with E-state index in [4.69, 9.17) is 14.2 Å². The van der Waals surface area contributed by atoms with Gasteiger partial charge in [-0.05, 0) is 49.9 Å². The lowest BCUT2D eigenvalue weighted by atomic mass is 9.57. The van der Waals surface area contributed by atoms with Crippen LogP contribution < -0.4 is 0 Å². The molecule has 3 aliphatic rings. The zero-order valence-corrected chi connectivity index (χ0v) is 17.7. The largest absolute Gasteiger partial charge is 0.469 e. The van der Waals surface area contributed by atoms with E-state index in [-0.39, 0.29) is 53.7 Å². The first-order valence-corrected chi connectivity index (χ1v) is 10.8. The first-order chi connectivity index (χ1) is 13.3. The predicted octanol–water partition coefficient (Wildman–Crippen LogP) is 2.75. The molecule has 0 radical (unpaired) electrons. The maximum absolute atomic E-state index is 13.0. The predicted molar refractivity (Wildman–Crippen MR) is 104 cm³/mol. The minimum atomic E-state index is -0.455. The summed E-state index contributed by atoms with van der Waals surface area (Å²) >= 11 is 0. The number of aliphatic hydroxyl groups excluding tert-OH is 1. The highest BCUT2D eigenvalue weighted by Crippen LogP contribution is 2.60. The lowest BCUT2D eigenvalue weighted by Crippen LogP contribution is -2.56. The topological polar surface area (TPSA) is 82.1 Å². The van der Waals surface area contributed by atoms with Crippen molar-refractivity contribution >= 4 is 11.8 Å². The Kier molecular flexibility index (Phi) is 6.52. The van der Waals surface area contributed by atoms with Crippen molar-refractivity contribution in [2.75, 3.05) is 26.9 Å². The van der Waals surface area contributed by atoms with Crippen LogP contribution in [0.25, 0.3) is 0 Å². The molecule has 3 rings (SSSR count). The fourth-order valence-corrected chi connectivity index (χ4v) is 6.35. The molecule has 0 aromatic rings. The minimum Gasteiger partial charge on any atom is -0.469 e. The number of rotatable bonds is 6. The summed E-state index contributed by atoms with van der Waals surface area (Å²) in [5.41, 5.74) is -0.237. The second kappa shape index (κ2) is 8.41. The van der Waals surface area contributed by atoms with Crippen LogP contribution in [0, 0.1) is 28.6 Å². The molecule has 6 nitrogen and oxygen atoms in total. The molecule has 1 N–H and O–H groups in total. The molecule has 3 aliphatic carbocycles. The van der Waals surface area contributed by atoms with Crippen molar-refractivity contribution in [1.29, 1.82) is 0 Å². The Hall–Kier alpha value is -0.980. The van der Waals surface area contributed by atoms with E-state index in [1.54, 1.807) is 0 Å². The summed E-state index contributed by atoms with van der Waals surface area (Å²) in [5.74, 6) is -0.898. The van der Waals surface area contributed by atoms with E-state index in [0.29, 0.717) is 13.0 Å². The quantitative estimate of drug-likeness (QED) is 0.695. The second-order valence-corrected chi connectivity index (χ2v) is 9.42. The smallest absolute Gasteiger partial charge is 0.311 e. The van der Waals surface area contributed by atoms with Gasteiger partial charge in [-0.3, -0.25) is 9.59 Å². The van der Waals surface area contributed by atoms with Gasteiger partial charge in [-0.15, -0.1) is 0 Å². The van der Waals surface area contributed by atoms with E-state index in [9.17, 15) is 14.7 Å². The Morgan fingerprint density at radius 2 is 1.86 bits per heavy atom. The molecule has 0 heterocycles. The van der Waals surface area contributed by atoms with Crippen molar-refractivity contribution in [2.45, 2.75) is 71.5 Å². The highest BCUT2D eigenvalue weighted by atomic mass is 16.5. The maximum Gasteiger partial charge on any atom is 0.311 e. The molecule has 0 amide bonds. The molecular weight excluding hydrogens is 360 g/mol. The summed E-state index contributed by atoms with van der Waals surface area (Å²) in [5, 5.41) is 9.43. The average molecular weight is 397 g/mol. The summed E-state index contributed by atoms with van der Waals surface area (Å²) in [7, 11) is 1.42. The Labute approximate surface area is 168 Å². The highest BCUT2D eigenvalue weighted by Gasteiger charge is 2.62. The Morgan fingerprint density at radius 1 is 1.14 bits per heavy atom. The monoisotopic (exact) mass is 396 g/mol. The van der Waals surface area contributed by atoms with Crippen molar-refractivity contribution in [1.82, 2.24) is 0 Å². The molecule has 0 aromatic heterocycles. The van der Waals surface area contributed by atoms with Gasteiger partial charge in [0.2, 0.25) is 0 Å². The van der Waals surface area contributed by atoms with Crippen LogP contribution in [0.1, 0.15) is 59.3 Å². The zero-order chi connectivity index (χ0) is 20.5. The molecule has 28 heavy (non-hydrogen) atoms. The number of Topliss-reactive ketones (excluding diaryl/α,β-unsaturated/α-hetero) is 1. The SMILES string of the molecule is CCO[C@H]1CC[C@@]2(C)CC[C@]3(C)CCC(=O)C3C(OCCO)[C@H]2[C@H]1C(=O)OC. The summed E-state index contributed by atoms with van der Waals surface area (Å²) in [4.78, 5) is 25.9. The Balaban J connectivity index is 2.09. The van der Waals surface area contributed by atoms with Crippen LogP contribution in [-0.4, -0.2) is 56.0 Å². The van der Waals surface area contributed by atoms with Gasteiger partial charge >= 0.3 is 5.97 Å². The molecule has 2 unspecified atom stereocenters. The van der Waals surface area contributed by atoms with Crippen molar-refractivity contribution < 1.29 is 28.9 Å². The number of hydrogen-bond acceptors (Lipinski definition) is 6. The number of aliphatic hydroxyl groups is 1. The van der Waals surface area contributed by atoms with E-state index < -0.39 is 12.0 Å². The van der Waals surface area contributed by atoms with Crippen LogP contribution in [0.4, 0.5) is 0 Å². The molecule has 160 valence electrons. The van der Waals surface area contributed by atoms with Gasteiger partial charge in [0.05, 0.1) is 38.4 Å². The normalized spacial score (nSPS) is 43.2. The van der Waals surface area contributed by atoms with Crippen LogP contribution in [0.5, 0.6) is 0 Å². The Bertz CT molecular complexity index is 592. The van der Waals surface area contributed by atoms with Gasteiger partial charge in [0.25, 0.3) is 0 Å². The van der Waals surface area contributed by atoms with E-state index >= 15 is 0 Å². The molecule has 0 saturated heterocycles.